The number of ether oxygens (including phenoxy) is 1. The molecular weight excluding hydrogens is 349 g/mol. The standard InChI is InChI=1S/C18H17Cl2NO3/c1-18(2)9-24-15-7-10(11-5-12(19)8-13(20)6-11)3-4-14(15)16(18)21-17(22)23/h3-8,16,21H,9H2,1-2H3,(H,22,23). The molecule has 1 atom stereocenters. The smallest absolute Gasteiger partial charge is 0.405 e. The second-order valence-corrected chi connectivity index (χ2v) is 7.44. The van der Waals surface area contributed by atoms with Gasteiger partial charge < -0.3 is 15.2 Å². The first kappa shape index (κ1) is 16.9. The summed E-state index contributed by atoms with van der Waals surface area (Å²) in [5, 5.41) is 12.9. The molecule has 2 aromatic rings. The quantitative estimate of drug-likeness (QED) is 0.749. The van der Waals surface area contributed by atoms with Crippen LogP contribution in [0.5, 0.6) is 5.75 Å². The van der Waals surface area contributed by atoms with Crippen molar-refractivity contribution in [3.8, 4) is 16.9 Å². The fourth-order valence-corrected chi connectivity index (χ4v) is 3.49. The molecule has 24 heavy (non-hydrogen) atoms. The van der Waals surface area contributed by atoms with Gasteiger partial charge >= 0.3 is 6.09 Å². The van der Waals surface area contributed by atoms with E-state index in [1.165, 1.54) is 0 Å². The summed E-state index contributed by atoms with van der Waals surface area (Å²) in [5.41, 5.74) is 2.27. The van der Waals surface area contributed by atoms with Crippen LogP contribution in [0.1, 0.15) is 25.5 Å². The maximum atomic E-state index is 11.1. The van der Waals surface area contributed by atoms with Gasteiger partial charge in [-0.2, -0.15) is 0 Å². The first-order valence-electron chi connectivity index (χ1n) is 7.49. The van der Waals surface area contributed by atoms with Gasteiger partial charge in [0.25, 0.3) is 0 Å². The van der Waals surface area contributed by atoms with E-state index < -0.39 is 6.09 Å². The first-order valence-corrected chi connectivity index (χ1v) is 8.24. The number of halogens is 2. The highest BCUT2D eigenvalue weighted by Gasteiger charge is 2.38. The molecule has 0 radical (unpaired) electrons. The minimum absolute atomic E-state index is 0.337. The molecule has 0 saturated carbocycles. The Labute approximate surface area is 150 Å². The Kier molecular flexibility index (Phi) is 4.37. The second-order valence-electron chi connectivity index (χ2n) is 6.57. The van der Waals surface area contributed by atoms with E-state index >= 15 is 0 Å². The molecule has 4 nitrogen and oxygen atoms in total. The van der Waals surface area contributed by atoms with E-state index in [-0.39, 0.29) is 11.5 Å². The Morgan fingerprint density at radius 1 is 1.17 bits per heavy atom. The summed E-state index contributed by atoms with van der Waals surface area (Å²) in [6, 6.07) is 10.7. The third kappa shape index (κ3) is 3.30. The average Bonchev–Trinajstić information content (AvgIpc) is 2.48. The molecule has 1 aliphatic heterocycles. The zero-order chi connectivity index (χ0) is 17.5. The number of fused-ring (bicyclic) bond motifs is 1. The van der Waals surface area contributed by atoms with Crippen molar-refractivity contribution in [2.24, 2.45) is 5.41 Å². The number of nitrogens with one attached hydrogen (secondary N) is 1. The van der Waals surface area contributed by atoms with Crippen molar-refractivity contribution >= 4 is 29.3 Å². The van der Waals surface area contributed by atoms with Gasteiger partial charge in [-0.05, 0) is 35.4 Å². The van der Waals surface area contributed by atoms with Crippen LogP contribution in [0, 0.1) is 5.41 Å². The van der Waals surface area contributed by atoms with E-state index in [0.717, 1.165) is 16.7 Å². The Balaban J connectivity index is 2.04. The molecule has 1 unspecified atom stereocenters. The maximum absolute atomic E-state index is 11.1. The van der Waals surface area contributed by atoms with Crippen molar-refractivity contribution in [3.05, 3.63) is 52.0 Å². The van der Waals surface area contributed by atoms with Gasteiger partial charge in [-0.25, -0.2) is 4.79 Å². The van der Waals surface area contributed by atoms with Crippen LogP contribution >= 0.6 is 23.2 Å². The molecule has 0 aromatic heterocycles. The lowest BCUT2D eigenvalue weighted by molar-refractivity contribution is 0.0996. The molecule has 0 spiro atoms. The predicted octanol–water partition coefficient (Wildman–Crippen LogP) is 5.39. The molecule has 3 rings (SSSR count). The number of carbonyl (C=O) groups is 1. The molecule has 0 bridgehead atoms. The number of hydrogen-bond donors (Lipinski definition) is 2. The van der Waals surface area contributed by atoms with Crippen molar-refractivity contribution in [3.63, 3.8) is 0 Å². The van der Waals surface area contributed by atoms with Crippen LogP contribution in [0.15, 0.2) is 36.4 Å². The molecule has 2 aromatic carbocycles. The van der Waals surface area contributed by atoms with E-state index in [2.05, 4.69) is 5.32 Å². The van der Waals surface area contributed by atoms with Crippen LogP contribution in [0.3, 0.4) is 0 Å². The van der Waals surface area contributed by atoms with Crippen LogP contribution in [-0.4, -0.2) is 17.8 Å². The van der Waals surface area contributed by atoms with Crippen molar-refractivity contribution in [2.75, 3.05) is 6.61 Å². The molecule has 0 saturated heterocycles. The van der Waals surface area contributed by atoms with Crippen LogP contribution < -0.4 is 10.1 Å². The van der Waals surface area contributed by atoms with Gasteiger partial charge in [0.1, 0.15) is 5.75 Å². The molecule has 126 valence electrons. The lowest BCUT2D eigenvalue weighted by Crippen LogP contribution is -2.43. The fourth-order valence-electron chi connectivity index (χ4n) is 2.96. The van der Waals surface area contributed by atoms with E-state index in [1.54, 1.807) is 6.07 Å². The molecule has 0 fully saturated rings. The lowest BCUT2D eigenvalue weighted by Gasteiger charge is -2.39. The normalized spacial score (nSPS) is 18.4. The van der Waals surface area contributed by atoms with Gasteiger partial charge in [-0.15, -0.1) is 0 Å². The van der Waals surface area contributed by atoms with E-state index in [9.17, 15) is 4.79 Å². The molecule has 1 amide bonds. The van der Waals surface area contributed by atoms with Crippen molar-refractivity contribution in [1.29, 1.82) is 0 Å². The summed E-state index contributed by atoms with van der Waals surface area (Å²) in [5.74, 6) is 0.668. The third-order valence-corrected chi connectivity index (χ3v) is 4.61. The highest BCUT2D eigenvalue weighted by molar-refractivity contribution is 6.35. The summed E-state index contributed by atoms with van der Waals surface area (Å²) in [6.07, 6.45) is -1.05. The van der Waals surface area contributed by atoms with E-state index in [4.69, 9.17) is 33.0 Å². The SMILES string of the molecule is CC1(C)COc2cc(-c3cc(Cl)cc(Cl)c3)ccc2C1NC(=O)O. The monoisotopic (exact) mass is 365 g/mol. The second kappa shape index (κ2) is 6.19. The zero-order valence-corrected chi connectivity index (χ0v) is 14.8. The summed E-state index contributed by atoms with van der Waals surface area (Å²) >= 11 is 12.1. The average molecular weight is 366 g/mol. The van der Waals surface area contributed by atoms with Gasteiger partial charge in [-0.3, -0.25) is 0 Å². The topological polar surface area (TPSA) is 58.6 Å². The summed E-state index contributed by atoms with van der Waals surface area (Å²) in [6.45, 7) is 4.37. The zero-order valence-electron chi connectivity index (χ0n) is 13.3. The summed E-state index contributed by atoms with van der Waals surface area (Å²) < 4.78 is 5.87. The van der Waals surface area contributed by atoms with Gasteiger partial charge in [-0.1, -0.05) is 49.2 Å². The molecule has 6 heteroatoms. The number of benzene rings is 2. The molecule has 1 aliphatic rings. The fraction of sp³-hybridized carbons (Fsp3) is 0.278. The van der Waals surface area contributed by atoms with Crippen molar-refractivity contribution < 1.29 is 14.6 Å². The predicted molar refractivity (Wildman–Crippen MR) is 95.1 cm³/mol. The van der Waals surface area contributed by atoms with E-state index in [1.807, 2.05) is 44.2 Å². The van der Waals surface area contributed by atoms with Crippen molar-refractivity contribution in [1.82, 2.24) is 5.32 Å². The number of rotatable bonds is 2. The molecule has 2 N–H and O–H groups in total. The minimum atomic E-state index is -1.05. The highest BCUT2D eigenvalue weighted by atomic mass is 35.5. The summed E-state index contributed by atoms with van der Waals surface area (Å²) in [7, 11) is 0. The third-order valence-electron chi connectivity index (χ3n) is 4.17. The number of hydrogen-bond acceptors (Lipinski definition) is 2. The highest BCUT2D eigenvalue weighted by Crippen LogP contribution is 2.44. The van der Waals surface area contributed by atoms with Crippen LogP contribution in [0.25, 0.3) is 11.1 Å². The Bertz CT molecular complexity index is 785. The number of amides is 1. The Morgan fingerprint density at radius 2 is 1.83 bits per heavy atom. The largest absolute Gasteiger partial charge is 0.493 e. The Morgan fingerprint density at radius 3 is 2.46 bits per heavy atom. The molecular formula is C18H17Cl2NO3. The van der Waals surface area contributed by atoms with Gasteiger partial charge in [0.05, 0.1) is 12.6 Å². The van der Waals surface area contributed by atoms with Crippen LogP contribution in [0.2, 0.25) is 10.0 Å². The van der Waals surface area contributed by atoms with Gasteiger partial charge in [0.2, 0.25) is 0 Å². The first-order chi connectivity index (χ1) is 11.3. The number of carboxylic acid groups (broad SMARTS) is 1. The molecule has 0 aliphatic carbocycles. The Hall–Kier alpha value is -1.91. The maximum Gasteiger partial charge on any atom is 0.405 e. The van der Waals surface area contributed by atoms with E-state index in [0.29, 0.717) is 22.4 Å². The molecule has 1 heterocycles. The van der Waals surface area contributed by atoms with Crippen LogP contribution in [-0.2, 0) is 0 Å². The minimum Gasteiger partial charge on any atom is -0.493 e. The van der Waals surface area contributed by atoms with Crippen molar-refractivity contribution in [2.45, 2.75) is 19.9 Å². The lowest BCUT2D eigenvalue weighted by atomic mass is 9.78. The van der Waals surface area contributed by atoms with Gasteiger partial charge in [0, 0.05) is 21.0 Å². The van der Waals surface area contributed by atoms with Crippen LogP contribution in [0.4, 0.5) is 4.79 Å². The van der Waals surface area contributed by atoms with Gasteiger partial charge in [0.15, 0.2) is 0 Å². The summed E-state index contributed by atoms with van der Waals surface area (Å²) in [4.78, 5) is 11.1.